The Morgan fingerprint density at radius 1 is 1.17 bits per heavy atom. The van der Waals surface area contributed by atoms with Gasteiger partial charge in [0.05, 0.1) is 6.54 Å². The van der Waals surface area contributed by atoms with Crippen molar-refractivity contribution < 1.29 is 4.79 Å². The van der Waals surface area contributed by atoms with Gasteiger partial charge in [-0.2, -0.15) is 0 Å². The lowest BCUT2D eigenvalue weighted by Gasteiger charge is -2.33. The molecule has 1 saturated heterocycles. The molecule has 0 bridgehead atoms. The molecule has 0 unspecified atom stereocenters. The highest BCUT2D eigenvalue weighted by Gasteiger charge is 2.17. The van der Waals surface area contributed by atoms with Crippen molar-refractivity contribution in [3.05, 3.63) is 29.3 Å². The number of guanidine groups is 1. The standard InChI is InChI=1S/C17H27N5O/c1-13-10-14(2)12-16(11-13)20-17(18)19-4-5-21-6-8-22(9-7-21)15(3)23/h10-12H,4-9H2,1-3H3,(H3,18,19,20). The van der Waals surface area contributed by atoms with Gasteiger partial charge in [0, 0.05) is 45.3 Å². The molecule has 1 aromatic rings. The lowest BCUT2D eigenvalue weighted by molar-refractivity contribution is -0.130. The maximum absolute atomic E-state index is 11.3. The molecule has 1 aliphatic rings. The summed E-state index contributed by atoms with van der Waals surface area (Å²) in [5.74, 6) is 0.599. The van der Waals surface area contributed by atoms with Gasteiger partial charge in [0.2, 0.25) is 5.91 Å². The Morgan fingerprint density at radius 2 is 1.78 bits per heavy atom. The molecule has 1 amide bonds. The molecule has 0 atom stereocenters. The number of aliphatic imine (C=N–C) groups is 1. The lowest BCUT2D eigenvalue weighted by atomic mass is 10.1. The third kappa shape index (κ3) is 5.56. The highest BCUT2D eigenvalue weighted by Crippen LogP contribution is 2.13. The summed E-state index contributed by atoms with van der Waals surface area (Å²) in [5, 5.41) is 3.14. The molecule has 3 N–H and O–H groups in total. The number of carbonyl (C=O) groups is 1. The molecule has 126 valence electrons. The Labute approximate surface area is 138 Å². The van der Waals surface area contributed by atoms with Crippen LogP contribution in [0.3, 0.4) is 0 Å². The Morgan fingerprint density at radius 3 is 2.35 bits per heavy atom. The van der Waals surface area contributed by atoms with Gasteiger partial charge in [-0.15, -0.1) is 0 Å². The summed E-state index contributed by atoms with van der Waals surface area (Å²) in [6.45, 7) is 10.7. The zero-order chi connectivity index (χ0) is 16.8. The second-order valence-electron chi connectivity index (χ2n) is 6.12. The molecule has 1 aliphatic heterocycles. The van der Waals surface area contributed by atoms with Crippen molar-refractivity contribution in [1.29, 1.82) is 0 Å². The van der Waals surface area contributed by atoms with Gasteiger partial charge in [-0.25, -0.2) is 0 Å². The first-order valence-electron chi connectivity index (χ1n) is 8.07. The van der Waals surface area contributed by atoms with Crippen LogP contribution in [0.5, 0.6) is 0 Å². The quantitative estimate of drug-likeness (QED) is 0.646. The molecule has 1 heterocycles. The van der Waals surface area contributed by atoms with E-state index in [9.17, 15) is 4.79 Å². The lowest BCUT2D eigenvalue weighted by Crippen LogP contribution is -2.48. The number of nitrogens with one attached hydrogen (secondary N) is 1. The number of benzene rings is 1. The van der Waals surface area contributed by atoms with E-state index in [-0.39, 0.29) is 5.91 Å². The van der Waals surface area contributed by atoms with Gasteiger partial charge in [0.25, 0.3) is 0 Å². The largest absolute Gasteiger partial charge is 0.370 e. The van der Waals surface area contributed by atoms with E-state index in [0.717, 1.165) is 38.4 Å². The number of nitrogens with zero attached hydrogens (tertiary/aromatic N) is 3. The first-order chi connectivity index (χ1) is 10.9. The molecule has 1 aromatic carbocycles. The second-order valence-corrected chi connectivity index (χ2v) is 6.12. The Bertz CT molecular complexity index is 556. The summed E-state index contributed by atoms with van der Waals surface area (Å²) in [5.41, 5.74) is 9.32. The van der Waals surface area contributed by atoms with E-state index >= 15 is 0 Å². The SMILES string of the molecule is CC(=O)N1CCN(CCN=C(N)Nc2cc(C)cc(C)c2)CC1. The molecule has 6 heteroatoms. The number of hydrogen-bond acceptors (Lipinski definition) is 3. The molecule has 23 heavy (non-hydrogen) atoms. The fourth-order valence-corrected chi connectivity index (χ4v) is 2.83. The van der Waals surface area contributed by atoms with E-state index in [4.69, 9.17) is 5.73 Å². The number of hydrogen-bond donors (Lipinski definition) is 2. The highest BCUT2D eigenvalue weighted by atomic mass is 16.2. The Hall–Kier alpha value is -2.08. The number of piperazine rings is 1. The number of aryl methyl sites for hydroxylation is 2. The molecule has 1 fully saturated rings. The maximum atomic E-state index is 11.3. The van der Waals surface area contributed by atoms with E-state index in [1.165, 1.54) is 11.1 Å². The van der Waals surface area contributed by atoms with Crippen LogP contribution in [0.4, 0.5) is 5.69 Å². The van der Waals surface area contributed by atoms with E-state index in [0.29, 0.717) is 12.5 Å². The van der Waals surface area contributed by atoms with Gasteiger partial charge in [-0.1, -0.05) is 6.07 Å². The van der Waals surface area contributed by atoms with Gasteiger partial charge in [-0.05, 0) is 37.1 Å². The summed E-state index contributed by atoms with van der Waals surface area (Å²) >= 11 is 0. The molecule has 0 spiro atoms. The minimum absolute atomic E-state index is 0.157. The highest BCUT2D eigenvalue weighted by molar-refractivity contribution is 5.92. The molecule has 2 rings (SSSR count). The number of carbonyl (C=O) groups excluding carboxylic acids is 1. The Kier molecular flexibility index (Phi) is 5.98. The summed E-state index contributed by atoms with van der Waals surface area (Å²) in [7, 11) is 0. The van der Waals surface area contributed by atoms with Gasteiger partial charge in [0.1, 0.15) is 0 Å². The second kappa shape index (κ2) is 7.97. The van der Waals surface area contributed by atoms with E-state index in [1.807, 2.05) is 4.90 Å². The van der Waals surface area contributed by atoms with Crippen LogP contribution in [-0.2, 0) is 4.79 Å². The van der Waals surface area contributed by atoms with Crippen molar-refractivity contribution >= 4 is 17.6 Å². The summed E-state index contributed by atoms with van der Waals surface area (Å²) in [6, 6.07) is 6.23. The predicted molar refractivity (Wildman–Crippen MR) is 94.7 cm³/mol. The van der Waals surface area contributed by atoms with Crippen molar-refractivity contribution in [2.24, 2.45) is 10.7 Å². The molecule has 6 nitrogen and oxygen atoms in total. The first-order valence-corrected chi connectivity index (χ1v) is 8.07. The fraction of sp³-hybridized carbons (Fsp3) is 0.529. The zero-order valence-electron chi connectivity index (χ0n) is 14.3. The maximum Gasteiger partial charge on any atom is 0.219 e. The molecule has 0 aromatic heterocycles. The third-order valence-corrected chi connectivity index (χ3v) is 4.01. The van der Waals surface area contributed by atoms with Crippen LogP contribution in [0.15, 0.2) is 23.2 Å². The van der Waals surface area contributed by atoms with Gasteiger partial charge in [0.15, 0.2) is 5.96 Å². The molecular weight excluding hydrogens is 290 g/mol. The van der Waals surface area contributed by atoms with Crippen LogP contribution in [0, 0.1) is 13.8 Å². The topological polar surface area (TPSA) is 74.0 Å². The average Bonchev–Trinajstić information content (AvgIpc) is 2.46. The van der Waals surface area contributed by atoms with Crippen LogP contribution >= 0.6 is 0 Å². The third-order valence-electron chi connectivity index (χ3n) is 4.01. The van der Waals surface area contributed by atoms with Crippen molar-refractivity contribution in [1.82, 2.24) is 9.80 Å². The van der Waals surface area contributed by atoms with E-state index in [1.54, 1.807) is 6.92 Å². The van der Waals surface area contributed by atoms with Gasteiger partial charge in [-0.3, -0.25) is 14.7 Å². The predicted octanol–water partition coefficient (Wildman–Crippen LogP) is 1.19. The fourth-order valence-electron chi connectivity index (χ4n) is 2.83. The van der Waals surface area contributed by atoms with Crippen LogP contribution in [0.1, 0.15) is 18.1 Å². The number of rotatable bonds is 4. The zero-order valence-corrected chi connectivity index (χ0v) is 14.3. The monoisotopic (exact) mass is 317 g/mol. The van der Waals surface area contributed by atoms with Crippen LogP contribution in [0.2, 0.25) is 0 Å². The first kappa shape index (κ1) is 17.3. The van der Waals surface area contributed by atoms with Crippen LogP contribution in [-0.4, -0.2) is 60.9 Å². The van der Waals surface area contributed by atoms with E-state index in [2.05, 4.69) is 47.3 Å². The van der Waals surface area contributed by atoms with Gasteiger partial charge >= 0.3 is 0 Å². The molecular formula is C17H27N5O. The summed E-state index contributed by atoms with van der Waals surface area (Å²) < 4.78 is 0. The minimum atomic E-state index is 0.157. The smallest absolute Gasteiger partial charge is 0.219 e. The number of anilines is 1. The molecule has 0 saturated carbocycles. The van der Waals surface area contributed by atoms with Crippen molar-refractivity contribution in [3.8, 4) is 0 Å². The minimum Gasteiger partial charge on any atom is -0.370 e. The number of amides is 1. The van der Waals surface area contributed by atoms with Crippen molar-refractivity contribution in [2.75, 3.05) is 44.6 Å². The van der Waals surface area contributed by atoms with Crippen LogP contribution < -0.4 is 11.1 Å². The number of nitrogens with two attached hydrogens (primary N) is 1. The van der Waals surface area contributed by atoms with Crippen molar-refractivity contribution in [3.63, 3.8) is 0 Å². The molecule has 0 aliphatic carbocycles. The van der Waals surface area contributed by atoms with Gasteiger partial charge < -0.3 is 16.0 Å². The van der Waals surface area contributed by atoms with E-state index < -0.39 is 0 Å². The average molecular weight is 317 g/mol. The Balaban J connectivity index is 1.76. The van der Waals surface area contributed by atoms with Crippen molar-refractivity contribution in [2.45, 2.75) is 20.8 Å². The normalized spacial score (nSPS) is 16.5. The summed E-state index contributed by atoms with van der Waals surface area (Å²) in [6.07, 6.45) is 0. The van der Waals surface area contributed by atoms with Crippen LogP contribution in [0.25, 0.3) is 0 Å². The molecule has 0 radical (unpaired) electrons. The summed E-state index contributed by atoms with van der Waals surface area (Å²) in [4.78, 5) is 19.9.